The number of nitrogens with two attached hydrogens (primary N) is 1. The van der Waals surface area contributed by atoms with Crippen molar-refractivity contribution < 1.29 is 4.39 Å². The fourth-order valence-electron chi connectivity index (χ4n) is 2.10. The van der Waals surface area contributed by atoms with Crippen LogP contribution >= 0.6 is 0 Å². The lowest BCUT2D eigenvalue weighted by molar-refractivity contribution is 0.480. The molecule has 1 nitrogen and oxygen atoms in total. The van der Waals surface area contributed by atoms with Crippen LogP contribution < -0.4 is 5.73 Å². The molecule has 0 aliphatic carbocycles. The van der Waals surface area contributed by atoms with Crippen LogP contribution in [0.1, 0.15) is 71.4 Å². The van der Waals surface area contributed by atoms with Crippen molar-refractivity contribution in [1.82, 2.24) is 0 Å². The van der Waals surface area contributed by atoms with E-state index in [1.165, 1.54) is 31.7 Å². The summed E-state index contributed by atoms with van der Waals surface area (Å²) in [5, 5.41) is 0. The van der Waals surface area contributed by atoms with Gasteiger partial charge in [0, 0.05) is 0 Å². The van der Waals surface area contributed by atoms with E-state index in [0.717, 1.165) is 23.5 Å². The Morgan fingerprint density at radius 1 is 1.18 bits per heavy atom. The van der Waals surface area contributed by atoms with Crippen LogP contribution in [0.15, 0.2) is 30.5 Å². The van der Waals surface area contributed by atoms with Gasteiger partial charge in [0.25, 0.3) is 0 Å². The summed E-state index contributed by atoms with van der Waals surface area (Å²) in [6.45, 7) is 15.9. The maximum absolute atomic E-state index is 12.8. The summed E-state index contributed by atoms with van der Waals surface area (Å²) in [6.07, 6.45) is 6.29. The number of benzene rings is 1. The van der Waals surface area contributed by atoms with Gasteiger partial charge in [-0.25, -0.2) is 4.39 Å². The number of halogens is 1. The highest BCUT2D eigenvalue weighted by Gasteiger charge is 1.97. The number of hydrogen-bond acceptors (Lipinski definition) is 1. The molecule has 0 radical (unpaired) electrons. The molecule has 0 saturated heterocycles. The molecule has 2 N–H and O–H groups in total. The Morgan fingerprint density at radius 3 is 1.95 bits per heavy atom. The zero-order valence-corrected chi connectivity index (χ0v) is 15.5. The first-order valence-corrected chi connectivity index (χ1v) is 8.44. The molecule has 2 heteroatoms. The van der Waals surface area contributed by atoms with Gasteiger partial charge in [-0.1, -0.05) is 77.7 Å². The van der Waals surface area contributed by atoms with Crippen LogP contribution in [-0.4, -0.2) is 0 Å². The lowest BCUT2D eigenvalue weighted by Gasteiger charge is -2.05. The molecule has 0 aliphatic heterocycles. The van der Waals surface area contributed by atoms with Gasteiger partial charge in [0.15, 0.2) is 0 Å². The molecule has 0 spiro atoms. The molecule has 1 rings (SSSR count). The Labute approximate surface area is 137 Å². The third kappa shape index (κ3) is 15.1. The molecule has 128 valence electrons. The van der Waals surface area contributed by atoms with E-state index in [0.29, 0.717) is 5.70 Å². The van der Waals surface area contributed by atoms with E-state index in [9.17, 15) is 4.39 Å². The summed E-state index contributed by atoms with van der Waals surface area (Å²) in [5.74, 6) is 0.873. The maximum Gasteiger partial charge on any atom is 0.126 e. The Hall–Kier alpha value is -1.31. The third-order valence-corrected chi connectivity index (χ3v) is 3.15. The summed E-state index contributed by atoms with van der Waals surface area (Å²) in [7, 11) is 0. The quantitative estimate of drug-likeness (QED) is 0.669. The van der Waals surface area contributed by atoms with Crippen LogP contribution in [0.2, 0.25) is 0 Å². The topological polar surface area (TPSA) is 26.0 Å². The Bertz CT molecular complexity index is 389. The maximum atomic E-state index is 12.8. The monoisotopic (exact) mass is 309 g/mol. The van der Waals surface area contributed by atoms with E-state index in [-0.39, 0.29) is 5.82 Å². The van der Waals surface area contributed by atoms with Crippen molar-refractivity contribution in [2.24, 2.45) is 11.7 Å². The second kappa shape index (κ2) is 14.6. The van der Waals surface area contributed by atoms with Gasteiger partial charge >= 0.3 is 0 Å². The molecule has 0 amide bonds. The highest BCUT2D eigenvalue weighted by atomic mass is 19.1. The largest absolute Gasteiger partial charge is 0.403 e. The van der Waals surface area contributed by atoms with Gasteiger partial charge in [-0.05, 0) is 43.5 Å². The second-order valence-corrected chi connectivity index (χ2v) is 5.98. The van der Waals surface area contributed by atoms with Crippen molar-refractivity contribution in [3.8, 4) is 0 Å². The van der Waals surface area contributed by atoms with Gasteiger partial charge in [-0.3, -0.25) is 0 Å². The Morgan fingerprint density at radius 2 is 1.64 bits per heavy atom. The zero-order chi connectivity index (χ0) is 17.5. The van der Waals surface area contributed by atoms with Gasteiger partial charge in [0.1, 0.15) is 5.82 Å². The van der Waals surface area contributed by atoms with Crippen LogP contribution in [-0.2, 0) is 6.42 Å². The summed E-state index contributed by atoms with van der Waals surface area (Å²) < 4.78 is 12.8. The fraction of sp³-hybridized carbons (Fsp3) is 0.600. The predicted octanol–water partition coefficient (Wildman–Crippen LogP) is 6.40. The first-order chi connectivity index (χ1) is 10.3. The molecule has 22 heavy (non-hydrogen) atoms. The van der Waals surface area contributed by atoms with E-state index >= 15 is 0 Å². The average Bonchev–Trinajstić information content (AvgIpc) is 2.42. The van der Waals surface area contributed by atoms with Crippen LogP contribution in [0.4, 0.5) is 4.39 Å². The molecule has 0 fully saturated rings. The van der Waals surface area contributed by atoms with E-state index in [1.54, 1.807) is 13.0 Å². The minimum absolute atomic E-state index is 0.0897. The van der Waals surface area contributed by atoms with Gasteiger partial charge in [0.2, 0.25) is 0 Å². The minimum Gasteiger partial charge on any atom is -0.403 e. The van der Waals surface area contributed by atoms with Gasteiger partial charge in [-0.2, -0.15) is 0 Å². The SMILES string of the molecule is C=C(C)N.CCCC(C)CCC.CCc1cc(C)ccc1F. The summed E-state index contributed by atoms with van der Waals surface area (Å²) in [4.78, 5) is 0. The van der Waals surface area contributed by atoms with Crippen molar-refractivity contribution in [2.45, 2.75) is 73.6 Å². The molecular weight excluding hydrogens is 273 g/mol. The van der Waals surface area contributed by atoms with Gasteiger partial charge in [0.05, 0.1) is 0 Å². The van der Waals surface area contributed by atoms with Crippen LogP contribution in [0, 0.1) is 18.7 Å². The second-order valence-electron chi connectivity index (χ2n) is 5.98. The molecule has 1 aromatic rings. The van der Waals surface area contributed by atoms with Gasteiger partial charge in [-0.15, -0.1) is 0 Å². The van der Waals surface area contributed by atoms with E-state index < -0.39 is 0 Å². The highest BCUT2D eigenvalue weighted by Crippen LogP contribution is 2.11. The number of allylic oxidation sites excluding steroid dienone is 1. The Balaban J connectivity index is 0. The first-order valence-electron chi connectivity index (χ1n) is 8.44. The third-order valence-electron chi connectivity index (χ3n) is 3.15. The standard InChI is InChI=1S/C9H11F.C8H18.C3H7N/c1-3-8-6-7(2)4-5-9(8)10;1-4-6-8(3)7-5-2;1-3(2)4/h4-6H,3H2,1-2H3;8H,4-7H2,1-3H3;1,4H2,2H3. The number of hydrogen-bond donors (Lipinski definition) is 1. The van der Waals surface area contributed by atoms with Crippen molar-refractivity contribution in [2.75, 3.05) is 0 Å². The van der Waals surface area contributed by atoms with Crippen molar-refractivity contribution in [1.29, 1.82) is 0 Å². The first kappa shape index (κ1) is 23.0. The van der Waals surface area contributed by atoms with Gasteiger partial charge < -0.3 is 5.73 Å². The number of aryl methyl sites for hydroxylation is 2. The minimum atomic E-state index is -0.0897. The van der Waals surface area contributed by atoms with Crippen LogP contribution in [0.5, 0.6) is 0 Å². The lowest BCUT2D eigenvalue weighted by atomic mass is 10.0. The molecule has 0 aliphatic rings. The van der Waals surface area contributed by atoms with Crippen LogP contribution in [0.3, 0.4) is 0 Å². The molecular formula is C20H36FN. The average molecular weight is 310 g/mol. The molecule has 0 saturated carbocycles. The Kier molecular flexibility index (Phi) is 15.3. The molecule has 0 aromatic heterocycles. The van der Waals surface area contributed by atoms with Crippen molar-refractivity contribution in [3.05, 3.63) is 47.4 Å². The molecule has 0 bridgehead atoms. The van der Waals surface area contributed by atoms with E-state index in [4.69, 9.17) is 5.73 Å². The van der Waals surface area contributed by atoms with Crippen molar-refractivity contribution >= 4 is 0 Å². The molecule has 1 aromatic carbocycles. The fourth-order valence-corrected chi connectivity index (χ4v) is 2.10. The van der Waals surface area contributed by atoms with E-state index in [2.05, 4.69) is 27.4 Å². The molecule has 0 atom stereocenters. The smallest absolute Gasteiger partial charge is 0.126 e. The number of rotatable bonds is 5. The summed E-state index contributed by atoms with van der Waals surface area (Å²) >= 11 is 0. The zero-order valence-electron chi connectivity index (χ0n) is 15.5. The molecule has 0 unspecified atom stereocenters. The lowest BCUT2D eigenvalue weighted by Crippen LogP contribution is -1.91. The summed E-state index contributed by atoms with van der Waals surface area (Å²) in [6, 6.07) is 5.19. The normalized spacial score (nSPS) is 9.45. The molecule has 0 heterocycles. The highest BCUT2D eigenvalue weighted by molar-refractivity contribution is 5.23. The predicted molar refractivity (Wildman–Crippen MR) is 98.5 cm³/mol. The van der Waals surface area contributed by atoms with Crippen LogP contribution in [0.25, 0.3) is 0 Å². The summed E-state index contributed by atoms with van der Waals surface area (Å²) in [5.41, 5.74) is 7.51. The van der Waals surface area contributed by atoms with E-state index in [1.807, 2.05) is 19.9 Å². The van der Waals surface area contributed by atoms with Crippen molar-refractivity contribution in [3.63, 3.8) is 0 Å².